The molecule has 1 aliphatic heterocycles. The number of aliphatic hydroxyl groups is 1. The number of hydrogen-bond acceptors (Lipinski definition) is 5. The Morgan fingerprint density at radius 2 is 2.00 bits per heavy atom. The predicted molar refractivity (Wildman–Crippen MR) is 127 cm³/mol. The van der Waals surface area contributed by atoms with E-state index < -0.39 is 23.6 Å². The Morgan fingerprint density at radius 1 is 1.22 bits per heavy atom. The van der Waals surface area contributed by atoms with Gasteiger partial charge in [0.05, 0.1) is 24.6 Å². The normalized spacial score (nSPS) is 17.7. The van der Waals surface area contributed by atoms with Crippen molar-refractivity contribution in [3.8, 4) is 0 Å². The van der Waals surface area contributed by atoms with Gasteiger partial charge in [0.2, 0.25) is 0 Å². The lowest BCUT2D eigenvalue weighted by atomic mass is 9.78. The van der Waals surface area contributed by atoms with Crippen molar-refractivity contribution in [3.05, 3.63) is 76.4 Å². The molecule has 1 aromatic heterocycles. The molecule has 0 bridgehead atoms. The zero-order chi connectivity index (χ0) is 25.7. The summed E-state index contributed by atoms with van der Waals surface area (Å²) < 4.78 is 43.8. The SMILES string of the molecule is Cn1cnnc1C(CO)c1cccc(N2Cc3c(cc(CNC4(C)CCC4)cc3C(F)(F)F)C2=O)c1. The highest BCUT2D eigenvalue weighted by Crippen LogP contribution is 2.40. The third-order valence-electron chi connectivity index (χ3n) is 7.41. The first-order valence-corrected chi connectivity index (χ1v) is 11.9. The molecule has 10 heteroatoms. The number of fused-ring (bicyclic) bond motifs is 1. The van der Waals surface area contributed by atoms with E-state index in [2.05, 4.69) is 22.4 Å². The second-order valence-electron chi connectivity index (χ2n) is 9.96. The number of aryl methyl sites for hydroxylation is 1. The van der Waals surface area contributed by atoms with E-state index in [9.17, 15) is 23.1 Å². The number of anilines is 1. The standard InChI is InChI=1S/C26H28F3N5O2/c1-25(7-4-8-25)30-12-16-9-19-20(22(10-16)26(27,28)29)13-34(24(19)36)18-6-3-5-17(11-18)21(14-35)23-32-31-15-33(23)2/h3,5-6,9-11,15,21,30,35H,4,7-8,12-14H2,1-2H3. The van der Waals surface area contributed by atoms with Gasteiger partial charge in [0.25, 0.3) is 5.91 Å². The van der Waals surface area contributed by atoms with Crippen LogP contribution in [0.15, 0.2) is 42.7 Å². The van der Waals surface area contributed by atoms with Crippen LogP contribution in [0.4, 0.5) is 18.9 Å². The van der Waals surface area contributed by atoms with E-state index in [1.54, 1.807) is 41.9 Å². The van der Waals surface area contributed by atoms with Gasteiger partial charge in [-0.1, -0.05) is 12.1 Å². The number of amides is 1. The van der Waals surface area contributed by atoms with Crippen LogP contribution in [0.3, 0.4) is 0 Å². The van der Waals surface area contributed by atoms with E-state index in [0.29, 0.717) is 22.6 Å². The van der Waals surface area contributed by atoms with Gasteiger partial charge in [-0.15, -0.1) is 10.2 Å². The first kappa shape index (κ1) is 24.5. The van der Waals surface area contributed by atoms with Gasteiger partial charge in [-0.05, 0) is 67.1 Å². The van der Waals surface area contributed by atoms with Crippen molar-refractivity contribution in [2.24, 2.45) is 7.05 Å². The Kier molecular flexibility index (Phi) is 6.12. The number of alkyl halides is 3. The molecule has 36 heavy (non-hydrogen) atoms. The molecule has 2 heterocycles. The third-order valence-corrected chi connectivity index (χ3v) is 7.41. The van der Waals surface area contributed by atoms with Crippen LogP contribution in [0.25, 0.3) is 0 Å². The van der Waals surface area contributed by atoms with E-state index in [1.165, 1.54) is 11.2 Å². The van der Waals surface area contributed by atoms with Gasteiger partial charge in [0.1, 0.15) is 12.2 Å². The summed E-state index contributed by atoms with van der Waals surface area (Å²) >= 11 is 0. The Hall–Kier alpha value is -3.24. The number of nitrogens with zero attached hydrogens (tertiary/aromatic N) is 4. The average Bonchev–Trinajstić information content (AvgIpc) is 3.39. The fraction of sp³-hybridized carbons (Fsp3) is 0.423. The van der Waals surface area contributed by atoms with Gasteiger partial charge < -0.3 is 19.9 Å². The van der Waals surface area contributed by atoms with Crippen molar-refractivity contribution in [2.75, 3.05) is 11.5 Å². The summed E-state index contributed by atoms with van der Waals surface area (Å²) in [6.07, 6.45) is 0.0130. The molecule has 2 N–H and O–H groups in total. The second kappa shape index (κ2) is 9.01. The van der Waals surface area contributed by atoms with Crippen LogP contribution in [0.2, 0.25) is 0 Å². The molecule has 2 aromatic carbocycles. The Morgan fingerprint density at radius 3 is 2.61 bits per heavy atom. The Labute approximate surface area is 207 Å². The fourth-order valence-electron chi connectivity index (χ4n) is 5.08. The molecule has 3 aromatic rings. The average molecular weight is 500 g/mol. The number of carbonyl (C=O) groups excluding carboxylic acids is 1. The molecule has 5 rings (SSSR count). The number of carbonyl (C=O) groups is 1. The molecule has 1 unspecified atom stereocenters. The number of halogens is 3. The van der Waals surface area contributed by atoms with Crippen LogP contribution < -0.4 is 10.2 Å². The topological polar surface area (TPSA) is 83.3 Å². The van der Waals surface area contributed by atoms with Crippen LogP contribution >= 0.6 is 0 Å². The third kappa shape index (κ3) is 4.39. The summed E-state index contributed by atoms with van der Waals surface area (Å²) in [5.41, 5.74) is 0.825. The number of hydrogen-bond donors (Lipinski definition) is 2. The number of benzene rings is 2. The number of rotatable bonds is 7. The van der Waals surface area contributed by atoms with E-state index >= 15 is 0 Å². The van der Waals surface area contributed by atoms with Crippen LogP contribution in [-0.4, -0.2) is 37.9 Å². The minimum atomic E-state index is -4.58. The van der Waals surface area contributed by atoms with Crippen LogP contribution in [0, 0.1) is 0 Å². The van der Waals surface area contributed by atoms with Crippen molar-refractivity contribution in [2.45, 2.75) is 56.9 Å². The van der Waals surface area contributed by atoms with Gasteiger partial charge in [0.15, 0.2) is 0 Å². The number of aromatic nitrogens is 3. The van der Waals surface area contributed by atoms with E-state index in [-0.39, 0.29) is 36.4 Å². The quantitative estimate of drug-likeness (QED) is 0.510. The van der Waals surface area contributed by atoms with E-state index in [0.717, 1.165) is 25.3 Å². The van der Waals surface area contributed by atoms with Gasteiger partial charge in [0, 0.05) is 30.4 Å². The summed E-state index contributed by atoms with van der Waals surface area (Å²) in [5.74, 6) is -0.417. The summed E-state index contributed by atoms with van der Waals surface area (Å²) in [6, 6.07) is 9.66. The van der Waals surface area contributed by atoms with Crippen LogP contribution in [0.5, 0.6) is 0 Å². The lowest BCUT2D eigenvalue weighted by Crippen LogP contribution is -2.47. The first-order valence-electron chi connectivity index (χ1n) is 11.9. The minimum absolute atomic E-state index is 0.0106. The maximum atomic E-state index is 14.0. The predicted octanol–water partition coefficient (Wildman–Crippen LogP) is 4.15. The molecule has 0 radical (unpaired) electrons. The lowest BCUT2D eigenvalue weighted by Gasteiger charge is -2.39. The molecule has 190 valence electrons. The Bertz CT molecular complexity index is 1300. The van der Waals surface area contributed by atoms with Crippen molar-refractivity contribution < 1.29 is 23.1 Å². The summed E-state index contributed by atoms with van der Waals surface area (Å²) in [5, 5.41) is 21.3. The smallest absolute Gasteiger partial charge is 0.395 e. The van der Waals surface area contributed by atoms with Crippen LogP contribution in [0.1, 0.15) is 70.5 Å². The Balaban J connectivity index is 1.47. The minimum Gasteiger partial charge on any atom is -0.395 e. The number of aliphatic hydroxyl groups excluding tert-OH is 1. The molecule has 0 saturated heterocycles. The largest absolute Gasteiger partial charge is 0.416 e. The fourth-order valence-corrected chi connectivity index (χ4v) is 5.08. The molecule has 1 aliphatic carbocycles. The van der Waals surface area contributed by atoms with Crippen molar-refractivity contribution >= 4 is 11.6 Å². The monoisotopic (exact) mass is 499 g/mol. The van der Waals surface area contributed by atoms with Crippen LogP contribution in [-0.2, 0) is 26.3 Å². The molecule has 1 amide bonds. The highest BCUT2D eigenvalue weighted by atomic mass is 19.4. The summed E-state index contributed by atoms with van der Waals surface area (Å²) in [6.45, 7) is 1.92. The molecule has 1 saturated carbocycles. The second-order valence-corrected chi connectivity index (χ2v) is 9.96. The van der Waals surface area contributed by atoms with Crippen molar-refractivity contribution in [1.82, 2.24) is 20.1 Å². The zero-order valence-corrected chi connectivity index (χ0v) is 20.1. The maximum Gasteiger partial charge on any atom is 0.416 e. The van der Waals surface area contributed by atoms with Crippen molar-refractivity contribution in [3.63, 3.8) is 0 Å². The molecule has 1 atom stereocenters. The van der Waals surface area contributed by atoms with Gasteiger partial charge in [-0.2, -0.15) is 13.2 Å². The maximum absolute atomic E-state index is 14.0. The summed E-state index contributed by atoms with van der Waals surface area (Å²) in [7, 11) is 1.76. The molecular weight excluding hydrogens is 471 g/mol. The molecule has 2 aliphatic rings. The first-order chi connectivity index (χ1) is 17.1. The zero-order valence-electron chi connectivity index (χ0n) is 20.1. The van der Waals surface area contributed by atoms with Gasteiger partial charge in [-0.25, -0.2) is 0 Å². The molecular formula is C26H28F3N5O2. The van der Waals surface area contributed by atoms with E-state index in [4.69, 9.17) is 0 Å². The summed E-state index contributed by atoms with van der Waals surface area (Å²) in [4.78, 5) is 14.8. The number of nitrogens with one attached hydrogen (secondary N) is 1. The van der Waals surface area contributed by atoms with E-state index in [1.807, 2.05) is 0 Å². The van der Waals surface area contributed by atoms with Gasteiger partial charge >= 0.3 is 6.18 Å². The van der Waals surface area contributed by atoms with Crippen molar-refractivity contribution in [1.29, 1.82) is 0 Å². The highest BCUT2D eigenvalue weighted by molar-refractivity contribution is 6.10. The molecule has 7 nitrogen and oxygen atoms in total. The lowest BCUT2D eigenvalue weighted by molar-refractivity contribution is -0.138. The van der Waals surface area contributed by atoms with Gasteiger partial charge in [-0.3, -0.25) is 4.79 Å². The molecule has 0 spiro atoms. The molecule has 1 fully saturated rings. The highest BCUT2D eigenvalue weighted by Gasteiger charge is 2.41.